The molecule has 1 aromatic rings. The molecule has 3 nitrogen and oxygen atoms in total. The van der Waals surface area contributed by atoms with Gasteiger partial charge >= 0.3 is 0 Å². The Morgan fingerprint density at radius 1 is 1.30 bits per heavy atom. The van der Waals surface area contributed by atoms with Gasteiger partial charge in [-0.05, 0) is 44.6 Å². The molecular weight excluding hydrogens is 250 g/mol. The Morgan fingerprint density at radius 3 is 2.70 bits per heavy atom. The molecule has 20 heavy (non-hydrogen) atoms. The minimum absolute atomic E-state index is 0.179. The van der Waals surface area contributed by atoms with Gasteiger partial charge in [0.1, 0.15) is 0 Å². The zero-order valence-electron chi connectivity index (χ0n) is 12.3. The fraction of sp³-hybridized carbons (Fsp3) is 0.588. The fourth-order valence-corrected chi connectivity index (χ4v) is 2.90. The number of amides is 1. The van der Waals surface area contributed by atoms with Gasteiger partial charge in [0.15, 0.2) is 0 Å². The molecule has 0 unspecified atom stereocenters. The highest BCUT2D eigenvalue weighted by Crippen LogP contribution is 2.44. The van der Waals surface area contributed by atoms with Gasteiger partial charge in [-0.15, -0.1) is 0 Å². The summed E-state index contributed by atoms with van der Waals surface area (Å²) in [6.07, 6.45) is 5.77. The predicted molar refractivity (Wildman–Crippen MR) is 80.7 cm³/mol. The van der Waals surface area contributed by atoms with Gasteiger partial charge in [0.25, 0.3) is 0 Å². The first-order valence-electron chi connectivity index (χ1n) is 7.65. The molecule has 1 aliphatic carbocycles. The van der Waals surface area contributed by atoms with Crippen LogP contribution in [0.15, 0.2) is 24.3 Å². The summed E-state index contributed by atoms with van der Waals surface area (Å²) in [5, 5.41) is 11.8. The van der Waals surface area contributed by atoms with Crippen LogP contribution in [0.3, 0.4) is 0 Å². The van der Waals surface area contributed by atoms with Crippen molar-refractivity contribution in [3.05, 3.63) is 35.4 Å². The first kappa shape index (κ1) is 15.0. The number of aliphatic hydroxyl groups excluding tert-OH is 1. The first-order chi connectivity index (χ1) is 9.69. The van der Waals surface area contributed by atoms with Crippen LogP contribution in [0.25, 0.3) is 0 Å². The van der Waals surface area contributed by atoms with Crippen LogP contribution >= 0.6 is 0 Å². The quantitative estimate of drug-likeness (QED) is 0.752. The van der Waals surface area contributed by atoms with Crippen LogP contribution in [0.1, 0.15) is 49.7 Å². The van der Waals surface area contributed by atoms with Gasteiger partial charge in [-0.1, -0.05) is 36.2 Å². The van der Waals surface area contributed by atoms with E-state index in [9.17, 15) is 4.79 Å². The van der Waals surface area contributed by atoms with Crippen LogP contribution in [0.5, 0.6) is 0 Å². The lowest BCUT2D eigenvalue weighted by Gasteiger charge is -2.41. The van der Waals surface area contributed by atoms with Gasteiger partial charge in [-0.3, -0.25) is 4.79 Å². The summed E-state index contributed by atoms with van der Waals surface area (Å²) < 4.78 is 0. The lowest BCUT2D eigenvalue weighted by atomic mass is 9.63. The number of nitrogens with one attached hydrogen (secondary N) is 1. The Bertz CT molecular complexity index is 452. The van der Waals surface area contributed by atoms with Gasteiger partial charge in [0.2, 0.25) is 5.91 Å². The molecule has 1 aromatic carbocycles. The normalized spacial score (nSPS) is 16.5. The summed E-state index contributed by atoms with van der Waals surface area (Å²) in [6, 6.07) is 8.34. The molecule has 110 valence electrons. The molecule has 1 fully saturated rings. The van der Waals surface area contributed by atoms with Gasteiger partial charge in [-0.25, -0.2) is 0 Å². The van der Waals surface area contributed by atoms with Crippen molar-refractivity contribution in [1.82, 2.24) is 5.32 Å². The number of rotatable bonds is 7. The standard InChI is InChI=1S/C17H25NO2/c1-14-7-5-8-15(13-14)17(9-6-10-17)16(20)18-11-3-2-4-12-19/h5,7-8,13,19H,2-4,6,9-12H2,1H3,(H,18,20). The van der Waals surface area contributed by atoms with Gasteiger partial charge in [-0.2, -0.15) is 0 Å². The summed E-state index contributed by atoms with van der Waals surface area (Å²) in [6.45, 7) is 3.02. The second-order valence-corrected chi connectivity index (χ2v) is 5.85. The van der Waals surface area contributed by atoms with E-state index >= 15 is 0 Å². The monoisotopic (exact) mass is 275 g/mol. The third-order valence-electron chi connectivity index (χ3n) is 4.33. The van der Waals surface area contributed by atoms with Crippen molar-refractivity contribution in [2.45, 2.75) is 50.9 Å². The molecule has 3 heteroatoms. The molecule has 0 aliphatic heterocycles. The number of aryl methyl sites for hydroxylation is 1. The van der Waals surface area contributed by atoms with Crippen LogP contribution in [0.4, 0.5) is 0 Å². The molecule has 1 saturated carbocycles. The maximum Gasteiger partial charge on any atom is 0.230 e. The third kappa shape index (κ3) is 3.21. The molecule has 0 spiro atoms. The van der Waals surface area contributed by atoms with Crippen molar-refractivity contribution >= 4 is 5.91 Å². The zero-order chi connectivity index (χ0) is 14.4. The highest BCUT2D eigenvalue weighted by molar-refractivity contribution is 5.89. The van der Waals surface area contributed by atoms with E-state index < -0.39 is 0 Å². The maximum absolute atomic E-state index is 12.5. The van der Waals surface area contributed by atoms with Crippen molar-refractivity contribution in [1.29, 1.82) is 0 Å². The van der Waals surface area contributed by atoms with Crippen molar-refractivity contribution < 1.29 is 9.90 Å². The third-order valence-corrected chi connectivity index (χ3v) is 4.33. The van der Waals surface area contributed by atoms with Gasteiger partial charge in [0, 0.05) is 13.2 Å². The second kappa shape index (κ2) is 6.89. The van der Waals surface area contributed by atoms with Gasteiger partial charge < -0.3 is 10.4 Å². The number of hydrogen-bond donors (Lipinski definition) is 2. The molecule has 1 aliphatic rings. The van der Waals surface area contributed by atoms with Crippen LogP contribution in [0.2, 0.25) is 0 Å². The van der Waals surface area contributed by atoms with E-state index in [1.165, 1.54) is 5.56 Å². The molecular formula is C17H25NO2. The molecule has 0 bridgehead atoms. The summed E-state index contributed by atoms with van der Waals surface area (Å²) in [7, 11) is 0. The number of aliphatic hydroxyl groups is 1. The number of hydrogen-bond acceptors (Lipinski definition) is 2. The zero-order valence-corrected chi connectivity index (χ0v) is 12.3. The Labute approximate surface area is 121 Å². The molecule has 0 radical (unpaired) electrons. The fourth-order valence-electron chi connectivity index (χ4n) is 2.90. The van der Waals surface area contributed by atoms with E-state index in [1.807, 2.05) is 6.07 Å². The van der Waals surface area contributed by atoms with Crippen LogP contribution < -0.4 is 5.32 Å². The Hall–Kier alpha value is -1.35. The molecule has 0 saturated heterocycles. The topological polar surface area (TPSA) is 49.3 Å². The first-order valence-corrected chi connectivity index (χ1v) is 7.65. The average molecular weight is 275 g/mol. The van der Waals surface area contributed by atoms with Crippen molar-refractivity contribution in [2.24, 2.45) is 0 Å². The van der Waals surface area contributed by atoms with Crippen molar-refractivity contribution in [3.63, 3.8) is 0 Å². The van der Waals surface area contributed by atoms with Gasteiger partial charge in [0.05, 0.1) is 5.41 Å². The highest BCUT2D eigenvalue weighted by Gasteiger charge is 2.45. The lowest BCUT2D eigenvalue weighted by molar-refractivity contribution is -0.129. The van der Waals surface area contributed by atoms with E-state index in [0.29, 0.717) is 6.54 Å². The molecule has 0 aromatic heterocycles. The smallest absolute Gasteiger partial charge is 0.230 e. The lowest BCUT2D eigenvalue weighted by Crippen LogP contribution is -2.49. The molecule has 0 atom stereocenters. The maximum atomic E-state index is 12.5. The van der Waals surface area contributed by atoms with E-state index in [-0.39, 0.29) is 17.9 Å². The van der Waals surface area contributed by atoms with Crippen LogP contribution in [-0.4, -0.2) is 24.2 Å². The minimum atomic E-state index is -0.289. The average Bonchev–Trinajstić information content (AvgIpc) is 2.37. The number of benzene rings is 1. The Balaban J connectivity index is 1.95. The van der Waals surface area contributed by atoms with E-state index in [4.69, 9.17) is 5.11 Å². The van der Waals surface area contributed by atoms with Crippen LogP contribution in [-0.2, 0) is 10.2 Å². The Kier molecular flexibility index (Phi) is 5.18. The summed E-state index contributed by atoms with van der Waals surface area (Å²) in [5.74, 6) is 0.179. The van der Waals surface area contributed by atoms with E-state index in [1.54, 1.807) is 0 Å². The Morgan fingerprint density at radius 2 is 2.10 bits per heavy atom. The molecule has 1 amide bonds. The number of carbonyl (C=O) groups excluding carboxylic acids is 1. The second-order valence-electron chi connectivity index (χ2n) is 5.85. The number of unbranched alkanes of at least 4 members (excludes halogenated alkanes) is 2. The number of carbonyl (C=O) groups is 1. The minimum Gasteiger partial charge on any atom is -0.396 e. The summed E-state index contributed by atoms with van der Waals surface area (Å²) >= 11 is 0. The predicted octanol–water partition coefficient (Wildman–Crippen LogP) is 2.70. The summed E-state index contributed by atoms with van der Waals surface area (Å²) in [5.41, 5.74) is 2.09. The SMILES string of the molecule is Cc1cccc(C2(C(=O)NCCCCCO)CCC2)c1. The molecule has 2 rings (SSSR count). The largest absolute Gasteiger partial charge is 0.396 e. The molecule has 2 N–H and O–H groups in total. The van der Waals surface area contributed by atoms with Crippen LogP contribution in [0, 0.1) is 6.92 Å². The van der Waals surface area contributed by atoms with E-state index in [0.717, 1.165) is 44.1 Å². The van der Waals surface area contributed by atoms with E-state index in [2.05, 4.69) is 30.4 Å². The summed E-state index contributed by atoms with van der Waals surface area (Å²) in [4.78, 5) is 12.5. The highest BCUT2D eigenvalue weighted by atomic mass is 16.2. The molecule has 0 heterocycles. The van der Waals surface area contributed by atoms with Crippen molar-refractivity contribution in [2.75, 3.05) is 13.2 Å². The van der Waals surface area contributed by atoms with Crippen molar-refractivity contribution in [3.8, 4) is 0 Å².